The molecule has 0 saturated heterocycles. The van der Waals surface area contributed by atoms with Crippen molar-refractivity contribution >= 4 is 5.97 Å². The predicted octanol–water partition coefficient (Wildman–Crippen LogP) is 7.01. The largest absolute Gasteiger partial charge is 0.489 e. The van der Waals surface area contributed by atoms with Crippen molar-refractivity contribution in [1.82, 2.24) is 0 Å². The second-order valence-corrected chi connectivity index (χ2v) is 6.50. The maximum Gasteiger partial charge on any atom is 0.389 e. The van der Waals surface area contributed by atoms with Crippen LogP contribution in [0.1, 0.15) is 61.4 Å². The van der Waals surface area contributed by atoms with Crippen LogP contribution in [0.4, 0.5) is 17.6 Å². The van der Waals surface area contributed by atoms with Crippen LogP contribution in [0.3, 0.4) is 0 Å². The van der Waals surface area contributed by atoms with E-state index >= 15 is 0 Å². The molecule has 2 aromatic rings. The summed E-state index contributed by atoms with van der Waals surface area (Å²) in [6, 6.07) is 13.1. The molecule has 0 fully saturated rings. The Bertz CT molecular complexity index is 731. The van der Waals surface area contributed by atoms with E-state index in [1.807, 2.05) is 37.3 Å². The smallest absolute Gasteiger partial charge is 0.389 e. The summed E-state index contributed by atoms with van der Waals surface area (Å²) in [4.78, 5) is 10.6. The topological polar surface area (TPSA) is 46.5 Å². The van der Waals surface area contributed by atoms with Crippen molar-refractivity contribution in [3.63, 3.8) is 0 Å². The molecular formula is C22H26F4O3. The number of carbonyl (C=O) groups is 1. The van der Waals surface area contributed by atoms with E-state index in [1.165, 1.54) is 12.1 Å². The number of alkyl halides is 3. The lowest BCUT2D eigenvalue weighted by atomic mass is 10.1. The van der Waals surface area contributed by atoms with Crippen molar-refractivity contribution in [3.05, 3.63) is 65.5 Å². The Morgan fingerprint density at radius 2 is 1.66 bits per heavy atom. The van der Waals surface area contributed by atoms with Gasteiger partial charge in [-0.05, 0) is 24.1 Å². The SMILES string of the molecule is CCCCCCCC(F)(F)F.O=C(O)c1ccc(OCc2ccccc2)cc1F. The molecule has 0 radical (unpaired) electrons. The van der Waals surface area contributed by atoms with Crippen LogP contribution in [0.25, 0.3) is 0 Å². The highest BCUT2D eigenvalue weighted by molar-refractivity contribution is 5.88. The molecule has 29 heavy (non-hydrogen) atoms. The first kappa shape index (κ1) is 24.5. The lowest BCUT2D eigenvalue weighted by Gasteiger charge is -2.07. The van der Waals surface area contributed by atoms with Gasteiger partial charge in [-0.3, -0.25) is 0 Å². The molecule has 1 N–H and O–H groups in total. The van der Waals surface area contributed by atoms with E-state index in [-0.39, 0.29) is 5.56 Å². The van der Waals surface area contributed by atoms with Gasteiger partial charge in [0.05, 0.1) is 5.56 Å². The summed E-state index contributed by atoms with van der Waals surface area (Å²) in [7, 11) is 0. The molecule has 160 valence electrons. The number of rotatable bonds is 9. The number of halogens is 4. The second kappa shape index (κ2) is 12.8. The minimum absolute atomic E-state index is 0.295. The molecule has 7 heteroatoms. The van der Waals surface area contributed by atoms with Crippen molar-refractivity contribution in [2.75, 3.05) is 0 Å². The monoisotopic (exact) mass is 414 g/mol. The third kappa shape index (κ3) is 11.1. The fraction of sp³-hybridized carbons (Fsp3) is 0.409. The van der Waals surface area contributed by atoms with Crippen LogP contribution < -0.4 is 4.74 Å². The van der Waals surface area contributed by atoms with Crippen molar-refractivity contribution in [3.8, 4) is 5.75 Å². The van der Waals surface area contributed by atoms with Gasteiger partial charge in [-0.2, -0.15) is 13.2 Å². The van der Waals surface area contributed by atoms with Gasteiger partial charge in [0.25, 0.3) is 0 Å². The molecule has 2 rings (SSSR count). The zero-order valence-corrected chi connectivity index (χ0v) is 16.3. The first-order valence-electron chi connectivity index (χ1n) is 9.49. The molecule has 0 heterocycles. The molecule has 0 amide bonds. The number of unbranched alkanes of at least 4 members (excludes halogenated alkanes) is 4. The first-order valence-corrected chi connectivity index (χ1v) is 9.49. The maximum absolute atomic E-state index is 13.4. The summed E-state index contributed by atoms with van der Waals surface area (Å²) in [5.41, 5.74) is 0.599. The van der Waals surface area contributed by atoms with Crippen LogP contribution in [-0.2, 0) is 6.61 Å². The Morgan fingerprint density at radius 1 is 1.00 bits per heavy atom. The Morgan fingerprint density at radius 3 is 2.21 bits per heavy atom. The maximum atomic E-state index is 13.4. The molecule has 0 aliphatic rings. The highest BCUT2D eigenvalue weighted by atomic mass is 19.4. The van der Waals surface area contributed by atoms with E-state index in [9.17, 15) is 22.4 Å². The lowest BCUT2D eigenvalue weighted by molar-refractivity contribution is -0.135. The molecule has 0 aromatic heterocycles. The number of hydrogen-bond donors (Lipinski definition) is 1. The molecule has 0 aliphatic heterocycles. The predicted molar refractivity (Wildman–Crippen MR) is 104 cm³/mol. The van der Waals surface area contributed by atoms with E-state index in [4.69, 9.17) is 9.84 Å². The van der Waals surface area contributed by atoms with Crippen molar-refractivity contribution in [1.29, 1.82) is 0 Å². The van der Waals surface area contributed by atoms with Crippen molar-refractivity contribution in [2.24, 2.45) is 0 Å². The van der Waals surface area contributed by atoms with Crippen LogP contribution in [0.2, 0.25) is 0 Å². The molecule has 2 aromatic carbocycles. The van der Waals surface area contributed by atoms with Crippen LogP contribution in [0, 0.1) is 5.82 Å². The molecule has 0 unspecified atom stereocenters. The third-order valence-electron chi connectivity index (χ3n) is 3.98. The Kier molecular flexibility index (Phi) is 10.8. The van der Waals surface area contributed by atoms with Gasteiger partial charge >= 0.3 is 12.1 Å². The fourth-order valence-corrected chi connectivity index (χ4v) is 2.43. The van der Waals surface area contributed by atoms with Gasteiger partial charge in [0.1, 0.15) is 18.2 Å². The molecule has 3 nitrogen and oxygen atoms in total. The Balaban J connectivity index is 0.000000331. The molecule has 0 atom stereocenters. The number of ether oxygens (including phenoxy) is 1. The lowest BCUT2D eigenvalue weighted by Crippen LogP contribution is -2.06. The summed E-state index contributed by atoms with van der Waals surface area (Å²) in [5, 5.41) is 8.68. The van der Waals surface area contributed by atoms with E-state index in [0.717, 1.165) is 30.9 Å². The van der Waals surface area contributed by atoms with Gasteiger partial charge in [-0.1, -0.05) is 62.9 Å². The van der Waals surface area contributed by atoms with Gasteiger partial charge in [0.2, 0.25) is 0 Å². The number of hydrogen-bond acceptors (Lipinski definition) is 2. The van der Waals surface area contributed by atoms with Crippen LogP contribution in [-0.4, -0.2) is 17.3 Å². The first-order chi connectivity index (χ1) is 13.7. The van der Waals surface area contributed by atoms with Gasteiger partial charge in [-0.25, -0.2) is 9.18 Å². The summed E-state index contributed by atoms with van der Waals surface area (Å²) < 4.78 is 53.4. The summed E-state index contributed by atoms with van der Waals surface area (Å²) in [6.45, 7) is 2.36. The van der Waals surface area contributed by atoms with Gasteiger partial charge in [0.15, 0.2) is 0 Å². The fourth-order valence-electron chi connectivity index (χ4n) is 2.43. The Labute approximate surface area is 168 Å². The van der Waals surface area contributed by atoms with E-state index in [2.05, 4.69) is 0 Å². The van der Waals surface area contributed by atoms with Gasteiger partial charge < -0.3 is 9.84 Å². The molecular weight excluding hydrogens is 388 g/mol. The van der Waals surface area contributed by atoms with Crippen molar-refractivity contribution < 1.29 is 32.2 Å². The molecule has 0 spiro atoms. The highest BCUT2D eigenvalue weighted by Crippen LogP contribution is 2.23. The standard InChI is InChI=1S/C14H11FO3.C8H15F3/c15-13-8-11(6-7-12(13)14(16)17)18-9-10-4-2-1-3-5-10;1-2-3-4-5-6-7-8(9,10)11/h1-8H,9H2,(H,16,17);2-7H2,1H3. The Hall–Kier alpha value is -2.57. The number of carboxylic acids is 1. The van der Waals surface area contributed by atoms with Gasteiger partial charge in [-0.15, -0.1) is 0 Å². The van der Waals surface area contributed by atoms with E-state index < -0.39 is 24.4 Å². The zero-order chi connectivity index (χ0) is 21.7. The molecule has 0 saturated carbocycles. The van der Waals surface area contributed by atoms with E-state index in [0.29, 0.717) is 25.2 Å². The number of aromatic carboxylic acids is 1. The number of carboxylic acid groups (broad SMARTS) is 1. The van der Waals surface area contributed by atoms with Crippen molar-refractivity contribution in [2.45, 2.75) is 58.2 Å². The molecule has 0 aliphatic carbocycles. The summed E-state index contributed by atoms with van der Waals surface area (Å²) in [6.07, 6.45) is -0.490. The van der Waals surface area contributed by atoms with E-state index in [1.54, 1.807) is 0 Å². The van der Waals surface area contributed by atoms with Crippen LogP contribution in [0.5, 0.6) is 5.75 Å². The third-order valence-corrected chi connectivity index (χ3v) is 3.98. The average Bonchev–Trinajstić information content (AvgIpc) is 2.66. The number of benzene rings is 2. The van der Waals surface area contributed by atoms with Crippen LogP contribution >= 0.6 is 0 Å². The quantitative estimate of drug-likeness (QED) is 0.354. The van der Waals surface area contributed by atoms with Crippen LogP contribution in [0.15, 0.2) is 48.5 Å². The minimum atomic E-state index is -3.95. The zero-order valence-electron chi connectivity index (χ0n) is 16.3. The second-order valence-electron chi connectivity index (χ2n) is 6.50. The summed E-state index contributed by atoms with van der Waals surface area (Å²) >= 11 is 0. The average molecular weight is 414 g/mol. The minimum Gasteiger partial charge on any atom is -0.489 e. The summed E-state index contributed by atoms with van der Waals surface area (Å²) in [5.74, 6) is -1.78. The normalized spacial score (nSPS) is 10.8. The van der Waals surface area contributed by atoms with Gasteiger partial charge in [0, 0.05) is 12.5 Å². The molecule has 0 bridgehead atoms. The highest BCUT2D eigenvalue weighted by Gasteiger charge is 2.25.